The van der Waals surface area contributed by atoms with E-state index < -0.39 is 35.9 Å². The van der Waals surface area contributed by atoms with Crippen LogP contribution in [-0.2, 0) is 27.2 Å². The predicted octanol–water partition coefficient (Wildman–Crippen LogP) is -0.788. The fourth-order valence-corrected chi connectivity index (χ4v) is 2.80. The predicted molar refractivity (Wildman–Crippen MR) is 107 cm³/mol. The second-order valence-corrected chi connectivity index (χ2v) is 6.77. The number of nitrogens with two attached hydrogens (primary N) is 1. The maximum absolute atomic E-state index is 12.5. The third-order valence-electron chi connectivity index (χ3n) is 4.14. The number of H-pyrrole nitrogens is 1. The largest absolute Gasteiger partial charge is 0.508 e. The number of rotatable bonds is 10. The zero-order valence-corrected chi connectivity index (χ0v) is 16.3. The molecule has 2 rings (SSSR count). The van der Waals surface area contributed by atoms with Crippen LogP contribution >= 0.6 is 12.6 Å². The molecule has 0 fully saturated rings. The number of aromatic hydroxyl groups is 1. The van der Waals surface area contributed by atoms with Crippen LogP contribution in [0.2, 0.25) is 0 Å². The van der Waals surface area contributed by atoms with Gasteiger partial charge in [-0.25, -0.2) is 9.78 Å². The lowest BCUT2D eigenvalue weighted by atomic mass is 10.1. The van der Waals surface area contributed by atoms with Crippen LogP contribution in [0.15, 0.2) is 36.8 Å². The molecule has 2 amide bonds. The molecule has 1 heterocycles. The molecule has 0 aliphatic carbocycles. The van der Waals surface area contributed by atoms with Crippen molar-refractivity contribution < 1.29 is 24.6 Å². The van der Waals surface area contributed by atoms with Crippen LogP contribution in [0, 0.1) is 0 Å². The highest BCUT2D eigenvalue weighted by Gasteiger charge is 2.27. The number of carboxylic acids is 1. The van der Waals surface area contributed by atoms with Crippen LogP contribution in [0.5, 0.6) is 5.75 Å². The Hall–Kier alpha value is -3.05. The van der Waals surface area contributed by atoms with Gasteiger partial charge in [-0.3, -0.25) is 9.59 Å². The monoisotopic (exact) mass is 421 g/mol. The molecule has 3 atom stereocenters. The van der Waals surface area contributed by atoms with Crippen molar-refractivity contribution in [2.75, 3.05) is 5.75 Å². The third-order valence-corrected chi connectivity index (χ3v) is 4.50. The molecule has 0 saturated heterocycles. The molecule has 29 heavy (non-hydrogen) atoms. The van der Waals surface area contributed by atoms with Gasteiger partial charge in [0, 0.05) is 30.5 Å². The van der Waals surface area contributed by atoms with E-state index in [2.05, 4.69) is 33.2 Å². The Labute approximate surface area is 172 Å². The number of nitrogens with one attached hydrogen (secondary N) is 3. The Morgan fingerprint density at radius 3 is 2.31 bits per heavy atom. The number of carbonyl (C=O) groups is 3. The molecule has 11 heteroatoms. The van der Waals surface area contributed by atoms with Gasteiger partial charge in [0.1, 0.15) is 17.8 Å². The van der Waals surface area contributed by atoms with Crippen LogP contribution in [0.25, 0.3) is 0 Å². The van der Waals surface area contributed by atoms with Crippen LogP contribution in [0.3, 0.4) is 0 Å². The first kappa shape index (κ1) is 22.2. The zero-order valence-electron chi connectivity index (χ0n) is 15.4. The average Bonchev–Trinajstić information content (AvgIpc) is 3.19. The summed E-state index contributed by atoms with van der Waals surface area (Å²) >= 11 is 4.06. The molecule has 0 bridgehead atoms. The molecule has 7 N–H and O–H groups in total. The summed E-state index contributed by atoms with van der Waals surface area (Å²) in [5.74, 6) is -2.48. The molecule has 1 aromatic heterocycles. The average molecular weight is 421 g/mol. The van der Waals surface area contributed by atoms with E-state index in [-0.39, 0.29) is 24.3 Å². The van der Waals surface area contributed by atoms with Crippen LogP contribution in [0.4, 0.5) is 0 Å². The molecule has 0 radical (unpaired) electrons. The summed E-state index contributed by atoms with van der Waals surface area (Å²) in [5, 5.41) is 23.6. The molecule has 0 unspecified atom stereocenters. The van der Waals surface area contributed by atoms with Gasteiger partial charge in [-0.05, 0) is 17.7 Å². The van der Waals surface area contributed by atoms with Gasteiger partial charge in [0.15, 0.2) is 0 Å². The number of imidazole rings is 1. The van der Waals surface area contributed by atoms with Gasteiger partial charge >= 0.3 is 5.97 Å². The molecule has 156 valence electrons. The molecular weight excluding hydrogens is 398 g/mol. The Morgan fingerprint density at radius 2 is 1.76 bits per heavy atom. The SMILES string of the molecule is N[C@@H](Cc1cnc[nH]1)C(=O)N[C@@H](CS)C(=O)N[C@@H](Cc1ccc(O)cc1)C(=O)O. The molecule has 2 aromatic rings. The quantitative estimate of drug-likeness (QED) is 0.246. The first-order valence-corrected chi connectivity index (χ1v) is 9.38. The van der Waals surface area contributed by atoms with Crippen molar-refractivity contribution in [3.8, 4) is 5.75 Å². The zero-order chi connectivity index (χ0) is 21.4. The van der Waals surface area contributed by atoms with E-state index in [1.165, 1.54) is 24.7 Å². The smallest absolute Gasteiger partial charge is 0.326 e. The molecule has 0 spiro atoms. The summed E-state index contributed by atoms with van der Waals surface area (Å²) in [5.41, 5.74) is 7.12. The lowest BCUT2D eigenvalue weighted by molar-refractivity contribution is -0.142. The van der Waals surface area contributed by atoms with Crippen molar-refractivity contribution in [1.29, 1.82) is 0 Å². The lowest BCUT2D eigenvalue weighted by Crippen LogP contribution is -2.55. The number of carboxylic acid groups (broad SMARTS) is 1. The Kier molecular flexibility index (Phi) is 8.04. The number of hydrogen-bond donors (Lipinski definition) is 7. The second kappa shape index (κ2) is 10.5. The maximum atomic E-state index is 12.5. The van der Waals surface area contributed by atoms with Crippen molar-refractivity contribution in [1.82, 2.24) is 20.6 Å². The van der Waals surface area contributed by atoms with Crippen LogP contribution in [-0.4, -0.2) is 61.8 Å². The lowest BCUT2D eigenvalue weighted by Gasteiger charge is -2.21. The van der Waals surface area contributed by atoms with E-state index in [9.17, 15) is 24.6 Å². The highest BCUT2D eigenvalue weighted by molar-refractivity contribution is 7.80. The summed E-state index contributed by atoms with van der Waals surface area (Å²) in [6, 6.07) is 2.78. The Bertz CT molecular complexity index is 828. The van der Waals surface area contributed by atoms with Crippen molar-refractivity contribution in [3.05, 3.63) is 48.0 Å². The number of aromatic amines is 1. The minimum absolute atomic E-state index is 0.00787. The molecular formula is C18H23N5O5S. The summed E-state index contributed by atoms with van der Waals surface area (Å²) < 4.78 is 0. The van der Waals surface area contributed by atoms with E-state index in [1.807, 2.05) is 0 Å². The van der Waals surface area contributed by atoms with Gasteiger partial charge in [0.2, 0.25) is 11.8 Å². The molecule has 1 aromatic carbocycles. The Morgan fingerprint density at radius 1 is 1.10 bits per heavy atom. The van der Waals surface area contributed by atoms with E-state index in [1.54, 1.807) is 12.1 Å². The number of benzene rings is 1. The molecule has 0 saturated carbocycles. The van der Waals surface area contributed by atoms with Crippen molar-refractivity contribution >= 4 is 30.4 Å². The normalized spacial score (nSPS) is 13.9. The summed E-state index contributed by atoms with van der Waals surface area (Å²) in [4.78, 5) is 42.9. The van der Waals surface area contributed by atoms with Gasteiger partial charge in [0.25, 0.3) is 0 Å². The van der Waals surface area contributed by atoms with Gasteiger partial charge in [-0.2, -0.15) is 12.6 Å². The number of amides is 2. The number of nitrogens with zero attached hydrogens (tertiary/aromatic N) is 1. The van der Waals surface area contributed by atoms with E-state index in [0.29, 0.717) is 11.3 Å². The van der Waals surface area contributed by atoms with Gasteiger partial charge < -0.3 is 31.6 Å². The second-order valence-electron chi connectivity index (χ2n) is 6.40. The van der Waals surface area contributed by atoms with Gasteiger partial charge in [-0.15, -0.1) is 0 Å². The van der Waals surface area contributed by atoms with E-state index in [4.69, 9.17) is 5.73 Å². The summed E-state index contributed by atoms with van der Waals surface area (Å²) in [6.07, 6.45) is 3.21. The van der Waals surface area contributed by atoms with Crippen LogP contribution < -0.4 is 16.4 Å². The minimum Gasteiger partial charge on any atom is -0.508 e. The number of carbonyl (C=O) groups excluding carboxylic acids is 2. The maximum Gasteiger partial charge on any atom is 0.326 e. The first-order chi connectivity index (χ1) is 13.8. The summed E-state index contributed by atoms with van der Waals surface area (Å²) in [7, 11) is 0. The van der Waals surface area contributed by atoms with Crippen molar-refractivity contribution in [2.45, 2.75) is 31.0 Å². The van der Waals surface area contributed by atoms with E-state index >= 15 is 0 Å². The fourth-order valence-electron chi connectivity index (χ4n) is 2.54. The van der Waals surface area contributed by atoms with Crippen LogP contribution in [0.1, 0.15) is 11.3 Å². The number of phenols is 1. The van der Waals surface area contributed by atoms with E-state index in [0.717, 1.165) is 0 Å². The van der Waals surface area contributed by atoms with Gasteiger partial charge in [0.05, 0.1) is 12.4 Å². The number of hydrogen-bond acceptors (Lipinski definition) is 7. The van der Waals surface area contributed by atoms with Gasteiger partial charge in [-0.1, -0.05) is 12.1 Å². The number of thiol groups is 1. The topological polar surface area (TPSA) is 170 Å². The molecule has 0 aliphatic rings. The van der Waals surface area contributed by atoms with Crippen molar-refractivity contribution in [2.24, 2.45) is 5.73 Å². The standard InChI is InChI=1S/C18H23N5O5S/c19-13(6-11-7-20-9-21-11)16(25)23-15(8-29)17(26)22-14(18(27)28)5-10-1-3-12(24)4-2-10/h1-4,7,9,13-15,24,29H,5-6,8,19H2,(H,20,21)(H,22,26)(H,23,25)(H,27,28)/t13-,14-,15-/m0/s1. The third kappa shape index (κ3) is 6.80. The highest BCUT2D eigenvalue weighted by Crippen LogP contribution is 2.11. The fraction of sp³-hybridized carbons (Fsp3) is 0.333. The Balaban J connectivity index is 1.95. The first-order valence-electron chi connectivity index (χ1n) is 8.75. The highest BCUT2D eigenvalue weighted by atomic mass is 32.1. The summed E-state index contributed by atoms with van der Waals surface area (Å²) in [6.45, 7) is 0. The molecule has 10 nitrogen and oxygen atoms in total. The molecule has 0 aliphatic heterocycles. The minimum atomic E-state index is -1.23. The number of aliphatic carboxylic acids is 1. The number of phenolic OH excluding ortho intramolecular Hbond substituents is 1. The number of aromatic nitrogens is 2. The van der Waals surface area contributed by atoms with Crippen molar-refractivity contribution in [3.63, 3.8) is 0 Å².